The second kappa shape index (κ2) is 4.95. The third-order valence-electron chi connectivity index (χ3n) is 3.30. The van der Waals surface area contributed by atoms with Crippen LogP contribution in [0.25, 0.3) is 22.7 Å². The Bertz CT molecular complexity index is 794. The lowest BCUT2D eigenvalue weighted by atomic mass is 10.1. The Balaban J connectivity index is 2.11. The molecular formula is C16H13N3S. The Kier molecular flexibility index (Phi) is 3.13. The highest BCUT2D eigenvalue weighted by Crippen LogP contribution is 2.23. The minimum absolute atomic E-state index is 0.555. The second-order valence-electron chi connectivity index (χ2n) is 4.72. The third-order valence-corrected chi connectivity index (χ3v) is 4.12. The number of imidazole rings is 1. The van der Waals surface area contributed by atoms with Crippen molar-refractivity contribution < 1.29 is 0 Å². The summed E-state index contributed by atoms with van der Waals surface area (Å²) in [5.74, 6) is 0.626. The number of thiophene rings is 1. The Hall–Kier alpha value is -2.38. The smallest absolute Gasteiger partial charge is 0.149 e. The molecule has 0 amide bonds. The Morgan fingerprint density at radius 1 is 1.35 bits per heavy atom. The van der Waals surface area contributed by atoms with E-state index in [1.807, 2.05) is 29.7 Å². The molecule has 0 radical (unpaired) electrons. The number of H-pyrrole nitrogens is 1. The number of allylic oxidation sites excluding steroid dienone is 1. The molecule has 0 fully saturated rings. The third kappa shape index (κ3) is 2.24. The quantitative estimate of drug-likeness (QED) is 0.711. The fourth-order valence-electron chi connectivity index (χ4n) is 2.07. The van der Waals surface area contributed by atoms with E-state index in [-0.39, 0.29) is 0 Å². The summed E-state index contributed by atoms with van der Waals surface area (Å²) in [5.41, 5.74) is 4.84. The molecule has 3 rings (SSSR count). The van der Waals surface area contributed by atoms with Crippen molar-refractivity contribution in [3.63, 3.8) is 0 Å². The van der Waals surface area contributed by atoms with Crippen molar-refractivity contribution >= 4 is 34.0 Å². The van der Waals surface area contributed by atoms with E-state index < -0.39 is 0 Å². The van der Waals surface area contributed by atoms with Gasteiger partial charge < -0.3 is 4.98 Å². The van der Waals surface area contributed by atoms with Crippen LogP contribution in [-0.4, -0.2) is 9.97 Å². The van der Waals surface area contributed by atoms with Gasteiger partial charge in [-0.05, 0) is 54.6 Å². The van der Waals surface area contributed by atoms with E-state index in [0.717, 1.165) is 15.9 Å². The molecule has 0 spiro atoms. The van der Waals surface area contributed by atoms with Gasteiger partial charge in [-0.15, -0.1) is 11.3 Å². The normalized spacial score (nSPS) is 11.8. The molecule has 0 aliphatic carbocycles. The summed E-state index contributed by atoms with van der Waals surface area (Å²) in [6, 6.07) is 10.3. The van der Waals surface area contributed by atoms with Crippen LogP contribution in [0.2, 0.25) is 0 Å². The van der Waals surface area contributed by atoms with Crippen LogP contribution < -0.4 is 0 Å². The second-order valence-corrected chi connectivity index (χ2v) is 5.70. The number of nitrogens with zero attached hydrogens (tertiary/aromatic N) is 2. The average molecular weight is 279 g/mol. The van der Waals surface area contributed by atoms with E-state index in [2.05, 4.69) is 36.0 Å². The summed E-state index contributed by atoms with van der Waals surface area (Å²) in [5, 5.41) is 11.3. The molecule has 3 aromatic rings. The summed E-state index contributed by atoms with van der Waals surface area (Å²) >= 11 is 1.60. The van der Waals surface area contributed by atoms with E-state index in [0.29, 0.717) is 11.4 Å². The molecule has 0 unspecified atom stereocenters. The van der Waals surface area contributed by atoms with E-state index in [1.165, 1.54) is 11.1 Å². The van der Waals surface area contributed by atoms with Gasteiger partial charge >= 0.3 is 0 Å². The Labute approximate surface area is 121 Å². The number of nitriles is 1. The van der Waals surface area contributed by atoms with Crippen molar-refractivity contribution in [1.29, 1.82) is 5.26 Å². The van der Waals surface area contributed by atoms with E-state index in [4.69, 9.17) is 0 Å². The summed E-state index contributed by atoms with van der Waals surface area (Å²) in [6.07, 6.45) is 1.86. The van der Waals surface area contributed by atoms with Crippen LogP contribution >= 0.6 is 11.3 Å². The van der Waals surface area contributed by atoms with Crippen LogP contribution in [-0.2, 0) is 0 Å². The highest BCUT2D eigenvalue weighted by Gasteiger charge is 2.09. The van der Waals surface area contributed by atoms with E-state index >= 15 is 0 Å². The summed E-state index contributed by atoms with van der Waals surface area (Å²) in [7, 11) is 0. The lowest BCUT2D eigenvalue weighted by molar-refractivity contribution is 1.27. The van der Waals surface area contributed by atoms with Gasteiger partial charge in [0.25, 0.3) is 0 Å². The van der Waals surface area contributed by atoms with Gasteiger partial charge in [-0.3, -0.25) is 0 Å². The highest BCUT2D eigenvalue weighted by molar-refractivity contribution is 7.10. The molecule has 1 N–H and O–H groups in total. The van der Waals surface area contributed by atoms with Crippen molar-refractivity contribution in [3.8, 4) is 6.07 Å². The lowest BCUT2D eigenvalue weighted by Crippen LogP contribution is -1.83. The van der Waals surface area contributed by atoms with E-state index in [9.17, 15) is 5.26 Å². The van der Waals surface area contributed by atoms with Crippen molar-refractivity contribution in [2.45, 2.75) is 13.8 Å². The average Bonchev–Trinajstić information content (AvgIpc) is 3.05. The number of aromatic nitrogens is 2. The molecule has 1 aromatic carbocycles. The van der Waals surface area contributed by atoms with Gasteiger partial charge in [0.1, 0.15) is 11.9 Å². The minimum Gasteiger partial charge on any atom is -0.337 e. The molecule has 0 saturated heterocycles. The molecule has 0 bridgehead atoms. The number of hydrogen-bond donors (Lipinski definition) is 1. The number of fused-ring (bicyclic) bond motifs is 1. The zero-order valence-corrected chi connectivity index (χ0v) is 12.1. The molecule has 4 heteroatoms. The first-order valence-corrected chi connectivity index (χ1v) is 7.18. The molecular weight excluding hydrogens is 266 g/mol. The molecule has 2 aromatic heterocycles. The van der Waals surface area contributed by atoms with Crippen molar-refractivity contribution in [3.05, 3.63) is 51.5 Å². The monoisotopic (exact) mass is 279 g/mol. The Morgan fingerprint density at radius 2 is 2.15 bits per heavy atom. The van der Waals surface area contributed by atoms with Gasteiger partial charge in [-0.2, -0.15) is 5.26 Å². The molecule has 0 saturated carbocycles. The summed E-state index contributed by atoms with van der Waals surface area (Å²) in [4.78, 5) is 8.80. The van der Waals surface area contributed by atoms with Crippen LogP contribution in [0.3, 0.4) is 0 Å². The number of aromatic amines is 1. The summed E-state index contributed by atoms with van der Waals surface area (Å²) < 4.78 is 0. The number of aryl methyl sites for hydroxylation is 2. The molecule has 3 nitrogen and oxygen atoms in total. The SMILES string of the molecule is Cc1cc2nc(C(C#N)=Cc3cccs3)[nH]c2cc1C. The zero-order valence-electron chi connectivity index (χ0n) is 11.3. The first kappa shape index (κ1) is 12.6. The minimum atomic E-state index is 0.555. The van der Waals surface area contributed by atoms with Gasteiger partial charge in [-0.1, -0.05) is 6.07 Å². The maximum atomic E-state index is 9.34. The summed E-state index contributed by atoms with van der Waals surface area (Å²) in [6.45, 7) is 4.14. The van der Waals surface area contributed by atoms with Crippen molar-refractivity contribution in [1.82, 2.24) is 9.97 Å². The van der Waals surface area contributed by atoms with Crippen molar-refractivity contribution in [2.24, 2.45) is 0 Å². The lowest BCUT2D eigenvalue weighted by Gasteiger charge is -1.97. The number of hydrogen-bond acceptors (Lipinski definition) is 3. The number of nitrogens with one attached hydrogen (secondary N) is 1. The standard InChI is InChI=1S/C16H13N3S/c1-10-6-14-15(7-11(10)2)19-16(18-14)12(9-17)8-13-4-3-5-20-13/h3-8H,1-2H3,(H,18,19). The topological polar surface area (TPSA) is 52.5 Å². The fourth-order valence-corrected chi connectivity index (χ4v) is 2.72. The Morgan fingerprint density at radius 3 is 2.85 bits per heavy atom. The van der Waals surface area contributed by atoms with Gasteiger partial charge in [0.2, 0.25) is 0 Å². The molecule has 98 valence electrons. The first-order valence-electron chi connectivity index (χ1n) is 6.30. The van der Waals surface area contributed by atoms with Gasteiger partial charge in [0, 0.05) is 4.88 Å². The maximum absolute atomic E-state index is 9.34. The molecule has 0 atom stereocenters. The predicted molar refractivity (Wildman–Crippen MR) is 83.4 cm³/mol. The van der Waals surface area contributed by atoms with Crippen LogP contribution in [0.1, 0.15) is 21.8 Å². The molecule has 0 aliphatic heterocycles. The maximum Gasteiger partial charge on any atom is 0.149 e. The number of benzene rings is 1. The van der Waals surface area contributed by atoms with Crippen LogP contribution in [0.5, 0.6) is 0 Å². The van der Waals surface area contributed by atoms with Crippen LogP contribution in [0, 0.1) is 25.2 Å². The highest BCUT2D eigenvalue weighted by atomic mass is 32.1. The molecule has 2 heterocycles. The molecule has 0 aliphatic rings. The van der Waals surface area contributed by atoms with Crippen molar-refractivity contribution in [2.75, 3.05) is 0 Å². The molecule has 20 heavy (non-hydrogen) atoms. The predicted octanol–water partition coefficient (Wildman–Crippen LogP) is 4.31. The largest absolute Gasteiger partial charge is 0.337 e. The van der Waals surface area contributed by atoms with E-state index in [1.54, 1.807) is 11.3 Å². The van der Waals surface area contributed by atoms with Gasteiger partial charge in [0.15, 0.2) is 0 Å². The zero-order chi connectivity index (χ0) is 14.1. The fraction of sp³-hybridized carbons (Fsp3) is 0.125. The van der Waals surface area contributed by atoms with Crippen LogP contribution in [0.15, 0.2) is 29.6 Å². The van der Waals surface area contributed by atoms with Gasteiger partial charge in [0.05, 0.1) is 16.6 Å². The van der Waals surface area contributed by atoms with Crippen LogP contribution in [0.4, 0.5) is 0 Å². The first-order chi connectivity index (χ1) is 9.67. The van der Waals surface area contributed by atoms with Gasteiger partial charge in [-0.25, -0.2) is 4.98 Å². The number of rotatable bonds is 2.